The van der Waals surface area contributed by atoms with E-state index in [2.05, 4.69) is 15.5 Å². The predicted octanol–water partition coefficient (Wildman–Crippen LogP) is 2.48. The van der Waals surface area contributed by atoms with Gasteiger partial charge in [-0.15, -0.1) is 10.2 Å². The van der Waals surface area contributed by atoms with Crippen molar-refractivity contribution in [1.82, 2.24) is 10.2 Å². The molecular formula is C14H14N4O. The number of nitrogens with zero attached hydrogens (tertiary/aromatic N) is 3. The summed E-state index contributed by atoms with van der Waals surface area (Å²) in [5, 5.41) is 19.4. The van der Waals surface area contributed by atoms with Crippen molar-refractivity contribution in [2.45, 2.75) is 6.92 Å². The van der Waals surface area contributed by atoms with Crippen LogP contribution in [0.1, 0.15) is 6.92 Å². The lowest BCUT2D eigenvalue weighted by Gasteiger charge is -2.05. The molecule has 96 valence electrons. The molecule has 0 atom stereocenters. The van der Waals surface area contributed by atoms with Gasteiger partial charge in [0.25, 0.3) is 0 Å². The lowest BCUT2D eigenvalue weighted by molar-refractivity contribution is 0.340. The van der Waals surface area contributed by atoms with Gasteiger partial charge in [0.2, 0.25) is 0 Å². The zero-order valence-electron chi connectivity index (χ0n) is 10.6. The lowest BCUT2D eigenvalue weighted by atomic mass is 10.1. The van der Waals surface area contributed by atoms with E-state index in [1.54, 1.807) is 6.07 Å². The molecule has 19 heavy (non-hydrogen) atoms. The number of benzene rings is 1. The average molecular weight is 254 g/mol. The van der Waals surface area contributed by atoms with Crippen LogP contribution in [0.25, 0.3) is 11.3 Å². The highest BCUT2D eigenvalue weighted by Gasteiger charge is 2.01. The molecule has 1 N–H and O–H groups in total. The van der Waals surface area contributed by atoms with Crippen molar-refractivity contribution in [3.8, 4) is 23.1 Å². The average Bonchev–Trinajstić information content (AvgIpc) is 2.47. The molecule has 5 nitrogen and oxygen atoms in total. The molecule has 0 fully saturated rings. The zero-order chi connectivity index (χ0) is 13.5. The maximum atomic E-state index is 8.46. The molecule has 0 unspecified atom stereocenters. The number of anilines is 1. The number of aromatic nitrogens is 2. The first-order valence-corrected chi connectivity index (χ1v) is 6.01. The molecule has 0 aliphatic heterocycles. The van der Waals surface area contributed by atoms with Crippen LogP contribution >= 0.6 is 0 Å². The predicted molar refractivity (Wildman–Crippen MR) is 72.7 cm³/mol. The van der Waals surface area contributed by atoms with E-state index in [1.807, 2.05) is 43.3 Å². The molecule has 0 amide bonds. The Labute approximate surface area is 111 Å². The van der Waals surface area contributed by atoms with Gasteiger partial charge in [0.05, 0.1) is 18.4 Å². The topological polar surface area (TPSA) is 70.8 Å². The van der Waals surface area contributed by atoms with Crippen molar-refractivity contribution in [3.63, 3.8) is 0 Å². The Morgan fingerprint density at radius 1 is 1.16 bits per heavy atom. The molecule has 0 aliphatic rings. The maximum absolute atomic E-state index is 8.46. The lowest BCUT2D eigenvalue weighted by Crippen LogP contribution is -2.01. The highest BCUT2D eigenvalue weighted by atomic mass is 16.5. The Hall–Kier alpha value is -2.61. The molecule has 0 bridgehead atoms. The fourth-order valence-corrected chi connectivity index (χ4v) is 1.60. The Morgan fingerprint density at radius 3 is 2.53 bits per heavy atom. The third kappa shape index (κ3) is 3.42. The van der Waals surface area contributed by atoms with Gasteiger partial charge in [0.15, 0.2) is 0 Å². The number of ether oxygens (including phenoxy) is 1. The molecule has 1 aromatic carbocycles. The molecule has 1 heterocycles. The number of rotatable bonds is 5. The minimum atomic E-state index is 0.219. The van der Waals surface area contributed by atoms with Crippen molar-refractivity contribution < 1.29 is 4.74 Å². The van der Waals surface area contributed by atoms with Gasteiger partial charge in [-0.25, -0.2) is 0 Å². The van der Waals surface area contributed by atoms with Gasteiger partial charge in [-0.3, -0.25) is 0 Å². The smallest absolute Gasteiger partial charge is 0.149 e. The minimum absolute atomic E-state index is 0.219. The molecular weight excluding hydrogens is 240 g/mol. The normalized spacial score (nSPS) is 9.68. The molecule has 1 aromatic heterocycles. The van der Waals surface area contributed by atoms with Gasteiger partial charge in [-0.2, -0.15) is 5.26 Å². The van der Waals surface area contributed by atoms with Crippen LogP contribution in [0.5, 0.6) is 5.75 Å². The third-order valence-corrected chi connectivity index (χ3v) is 2.47. The number of hydrogen-bond acceptors (Lipinski definition) is 5. The van der Waals surface area contributed by atoms with E-state index in [1.165, 1.54) is 0 Å². The van der Waals surface area contributed by atoms with Crippen LogP contribution in [0.2, 0.25) is 0 Å². The van der Waals surface area contributed by atoms with Crippen LogP contribution in [0, 0.1) is 11.3 Å². The highest BCUT2D eigenvalue weighted by molar-refractivity contribution is 5.60. The van der Waals surface area contributed by atoms with Gasteiger partial charge < -0.3 is 10.1 Å². The Kier molecular flexibility index (Phi) is 4.29. The van der Waals surface area contributed by atoms with Gasteiger partial charge in [0, 0.05) is 5.56 Å². The summed E-state index contributed by atoms with van der Waals surface area (Å²) in [6, 6.07) is 13.3. The van der Waals surface area contributed by atoms with Crippen molar-refractivity contribution in [1.29, 1.82) is 5.26 Å². The van der Waals surface area contributed by atoms with Gasteiger partial charge in [-0.1, -0.05) is 0 Å². The third-order valence-electron chi connectivity index (χ3n) is 2.47. The molecule has 2 aromatic rings. The number of nitriles is 1. The second-order valence-electron chi connectivity index (χ2n) is 3.77. The molecule has 5 heteroatoms. The van der Waals surface area contributed by atoms with Crippen LogP contribution in [-0.2, 0) is 0 Å². The summed E-state index contributed by atoms with van der Waals surface area (Å²) < 4.78 is 5.38. The first kappa shape index (κ1) is 12.8. The SMILES string of the molecule is CCOc1ccc(-c2ccc(NCC#N)nn2)cc1. The van der Waals surface area contributed by atoms with E-state index in [0.29, 0.717) is 12.4 Å². The fraction of sp³-hybridized carbons (Fsp3) is 0.214. The second-order valence-corrected chi connectivity index (χ2v) is 3.77. The van der Waals surface area contributed by atoms with E-state index < -0.39 is 0 Å². The Bertz CT molecular complexity index is 557. The zero-order valence-corrected chi connectivity index (χ0v) is 10.6. The molecule has 0 saturated carbocycles. The first-order chi connectivity index (χ1) is 9.33. The van der Waals surface area contributed by atoms with Crippen LogP contribution in [-0.4, -0.2) is 23.3 Å². The summed E-state index contributed by atoms with van der Waals surface area (Å²) in [4.78, 5) is 0. The van der Waals surface area contributed by atoms with Gasteiger partial charge in [0.1, 0.15) is 18.1 Å². The van der Waals surface area contributed by atoms with Gasteiger partial charge >= 0.3 is 0 Å². The van der Waals surface area contributed by atoms with Crippen molar-refractivity contribution in [3.05, 3.63) is 36.4 Å². The van der Waals surface area contributed by atoms with Crippen molar-refractivity contribution in [2.75, 3.05) is 18.5 Å². The Morgan fingerprint density at radius 2 is 1.95 bits per heavy atom. The van der Waals surface area contributed by atoms with Crippen LogP contribution < -0.4 is 10.1 Å². The molecule has 0 spiro atoms. The maximum Gasteiger partial charge on any atom is 0.149 e. The fourth-order valence-electron chi connectivity index (χ4n) is 1.60. The van der Waals surface area contributed by atoms with E-state index in [0.717, 1.165) is 17.0 Å². The second kappa shape index (κ2) is 6.36. The summed E-state index contributed by atoms with van der Waals surface area (Å²) in [7, 11) is 0. The quantitative estimate of drug-likeness (QED) is 0.830. The van der Waals surface area contributed by atoms with Crippen molar-refractivity contribution >= 4 is 5.82 Å². The standard InChI is InChI=1S/C14H14N4O/c1-2-19-12-5-3-11(4-6-12)13-7-8-14(18-17-13)16-10-9-15/h3-8H,2,10H2,1H3,(H,16,18). The monoisotopic (exact) mass is 254 g/mol. The first-order valence-electron chi connectivity index (χ1n) is 6.01. The van der Waals surface area contributed by atoms with E-state index in [-0.39, 0.29) is 6.54 Å². The summed E-state index contributed by atoms with van der Waals surface area (Å²) >= 11 is 0. The van der Waals surface area contributed by atoms with Crippen molar-refractivity contribution in [2.24, 2.45) is 0 Å². The van der Waals surface area contributed by atoms with E-state index in [4.69, 9.17) is 10.00 Å². The van der Waals surface area contributed by atoms with Gasteiger partial charge in [-0.05, 0) is 43.3 Å². The molecule has 0 radical (unpaired) electrons. The van der Waals surface area contributed by atoms with Crippen LogP contribution in [0.15, 0.2) is 36.4 Å². The summed E-state index contributed by atoms with van der Waals surface area (Å²) in [5.41, 5.74) is 1.76. The molecule has 0 aliphatic carbocycles. The number of hydrogen-bond donors (Lipinski definition) is 1. The van der Waals surface area contributed by atoms with Crippen LogP contribution in [0.3, 0.4) is 0 Å². The van der Waals surface area contributed by atoms with Crippen LogP contribution in [0.4, 0.5) is 5.82 Å². The summed E-state index contributed by atoms with van der Waals surface area (Å²) in [6.07, 6.45) is 0. The largest absolute Gasteiger partial charge is 0.494 e. The number of nitrogens with one attached hydrogen (secondary N) is 1. The molecule has 0 saturated heterocycles. The van der Waals surface area contributed by atoms with E-state index in [9.17, 15) is 0 Å². The highest BCUT2D eigenvalue weighted by Crippen LogP contribution is 2.20. The summed E-state index contributed by atoms with van der Waals surface area (Å²) in [6.45, 7) is 2.82. The summed E-state index contributed by atoms with van der Waals surface area (Å²) in [5.74, 6) is 1.43. The minimum Gasteiger partial charge on any atom is -0.494 e. The molecule has 2 rings (SSSR count). The Balaban J connectivity index is 2.11. The van der Waals surface area contributed by atoms with E-state index >= 15 is 0 Å².